The van der Waals surface area contributed by atoms with E-state index in [9.17, 15) is 13.2 Å². The predicted molar refractivity (Wildman–Crippen MR) is 96.9 cm³/mol. The van der Waals surface area contributed by atoms with E-state index in [0.717, 1.165) is 22.7 Å². The summed E-state index contributed by atoms with van der Waals surface area (Å²) in [5, 5.41) is 10.4. The van der Waals surface area contributed by atoms with E-state index in [-0.39, 0.29) is 12.5 Å². The number of aromatic nitrogens is 2. The van der Waals surface area contributed by atoms with Gasteiger partial charge in [0.2, 0.25) is 10.0 Å². The molecule has 3 N–H and O–H groups in total. The third-order valence-electron chi connectivity index (χ3n) is 3.69. The highest BCUT2D eigenvalue weighted by molar-refractivity contribution is 7.92. The number of para-hydroxylation sites is 1. The molecule has 7 nitrogen and oxygen atoms in total. The third kappa shape index (κ3) is 3.97. The van der Waals surface area contributed by atoms with Gasteiger partial charge >= 0.3 is 0 Å². The number of amides is 1. The molecule has 0 aliphatic rings. The van der Waals surface area contributed by atoms with E-state index >= 15 is 0 Å². The van der Waals surface area contributed by atoms with Crippen LogP contribution in [0.3, 0.4) is 0 Å². The Kier molecular flexibility index (Phi) is 4.45. The average molecular weight is 358 g/mol. The molecule has 3 rings (SSSR count). The predicted octanol–water partition coefficient (Wildman–Crippen LogP) is 2.17. The molecule has 0 spiro atoms. The Labute approximate surface area is 145 Å². The summed E-state index contributed by atoms with van der Waals surface area (Å²) in [6, 6.07) is 12.6. The molecule has 0 radical (unpaired) electrons. The maximum absolute atomic E-state index is 12.5. The number of hydrogen-bond donors (Lipinski definition) is 3. The van der Waals surface area contributed by atoms with Gasteiger partial charge in [0.1, 0.15) is 0 Å². The van der Waals surface area contributed by atoms with Gasteiger partial charge in [-0.3, -0.25) is 14.6 Å². The summed E-state index contributed by atoms with van der Waals surface area (Å²) < 4.78 is 25.3. The van der Waals surface area contributed by atoms with Crippen molar-refractivity contribution in [2.24, 2.45) is 0 Å². The Morgan fingerprint density at radius 3 is 2.72 bits per heavy atom. The lowest BCUT2D eigenvalue weighted by Crippen LogP contribution is -2.24. The van der Waals surface area contributed by atoms with E-state index in [1.807, 2.05) is 25.1 Å². The van der Waals surface area contributed by atoms with Gasteiger partial charge in [-0.05, 0) is 30.7 Å². The number of hydrogen-bond acceptors (Lipinski definition) is 4. The van der Waals surface area contributed by atoms with Crippen LogP contribution in [0.4, 0.5) is 5.69 Å². The van der Waals surface area contributed by atoms with Crippen LogP contribution in [0.25, 0.3) is 10.9 Å². The van der Waals surface area contributed by atoms with Crippen LogP contribution in [0, 0.1) is 6.92 Å². The fourth-order valence-corrected chi connectivity index (χ4v) is 3.13. The molecule has 1 amide bonds. The normalized spacial score (nSPS) is 11.4. The maximum atomic E-state index is 12.5. The number of H-pyrrole nitrogens is 1. The van der Waals surface area contributed by atoms with Crippen molar-refractivity contribution in [3.8, 4) is 0 Å². The number of aromatic amines is 1. The van der Waals surface area contributed by atoms with Crippen molar-refractivity contribution in [2.45, 2.75) is 13.5 Å². The zero-order valence-corrected chi connectivity index (χ0v) is 14.6. The van der Waals surface area contributed by atoms with Crippen molar-refractivity contribution in [3.63, 3.8) is 0 Å². The van der Waals surface area contributed by atoms with E-state index in [2.05, 4.69) is 20.2 Å². The standard InChI is InChI=1S/C17H18N4O3S/c1-11-7-8-15-13(9-11)16(20-19-15)17(22)18-10-12-5-3-4-6-14(12)21-25(2,23)24/h3-9,21H,10H2,1-2H3,(H,18,22)(H,19,20). The highest BCUT2D eigenvalue weighted by Gasteiger charge is 2.15. The number of carbonyl (C=O) groups is 1. The number of rotatable bonds is 5. The lowest BCUT2D eigenvalue weighted by Gasteiger charge is -2.11. The largest absolute Gasteiger partial charge is 0.346 e. The van der Waals surface area contributed by atoms with Gasteiger partial charge in [0.25, 0.3) is 5.91 Å². The number of anilines is 1. The smallest absolute Gasteiger partial charge is 0.272 e. The monoisotopic (exact) mass is 358 g/mol. The van der Waals surface area contributed by atoms with Crippen LogP contribution in [0.1, 0.15) is 21.6 Å². The van der Waals surface area contributed by atoms with Gasteiger partial charge in [0, 0.05) is 11.9 Å². The first-order chi connectivity index (χ1) is 11.8. The molecule has 0 saturated carbocycles. The molecule has 0 aliphatic heterocycles. The van der Waals surface area contributed by atoms with Crippen molar-refractivity contribution in [2.75, 3.05) is 11.0 Å². The van der Waals surface area contributed by atoms with Crippen LogP contribution in [0.15, 0.2) is 42.5 Å². The molecule has 25 heavy (non-hydrogen) atoms. The first-order valence-electron chi connectivity index (χ1n) is 7.62. The highest BCUT2D eigenvalue weighted by Crippen LogP contribution is 2.19. The maximum Gasteiger partial charge on any atom is 0.272 e. The minimum atomic E-state index is -3.40. The Morgan fingerprint density at radius 1 is 1.20 bits per heavy atom. The Bertz CT molecular complexity index is 1040. The van der Waals surface area contributed by atoms with Gasteiger partial charge in [-0.25, -0.2) is 8.42 Å². The molecule has 2 aromatic carbocycles. The van der Waals surface area contributed by atoms with Crippen molar-refractivity contribution in [1.29, 1.82) is 0 Å². The molecule has 8 heteroatoms. The summed E-state index contributed by atoms with van der Waals surface area (Å²) in [5.41, 5.74) is 3.23. The summed E-state index contributed by atoms with van der Waals surface area (Å²) in [4.78, 5) is 12.5. The minimum Gasteiger partial charge on any atom is -0.346 e. The highest BCUT2D eigenvalue weighted by atomic mass is 32.2. The van der Waals surface area contributed by atoms with Gasteiger partial charge in [0.05, 0.1) is 17.5 Å². The van der Waals surface area contributed by atoms with Gasteiger partial charge < -0.3 is 5.32 Å². The molecule has 0 atom stereocenters. The van der Waals surface area contributed by atoms with Gasteiger partial charge in [0.15, 0.2) is 5.69 Å². The SMILES string of the molecule is Cc1ccc2[nH]nc(C(=O)NCc3ccccc3NS(C)(=O)=O)c2c1. The molecule has 0 aliphatic carbocycles. The summed E-state index contributed by atoms with van der Waals surface area (Å²) >= 11 is 0. The van der Waals surface area contributed by atoms with E-state index in [4.69, 9.17) is 0 Å². The molecule has 3 aromatic rings. The van der Waals surface area contributed by atoms with Gasteiger partial charge in [-0.1, -0.05) is 29.8 Å². The molecule has 0 saturated heterocycles. The van der Waals surface area contributed by atoms with E-state index < -0.39 is 10.0 Å². The fourth-order valence-electron chi connectivity index (χ4n) is 2.53. The second kappa shape index (κ2) is 6.56. The van der Waals surface area contributed by atoms with Crippen molar-refractivity contribution in [3.05, 3.63) is 59.3 Å². The van der Waals surface area contributed by atoms with Crippen LogP contribution in [-0.2, 0) is 16.6 Å². The Balaban J connectivity index is 1.80. The molecule has 1 aromatic heterocycles. The lowest BCUT2D eigenvalue weighted by molar-refractivity contribution is 0.0947. The van der Waals surface area contributed by atoms with E-state index in [0.29, 0.717) is 16.9 Å². The summed E-state index contributed by atoms with van der Waals surface area (Å²) in [5.74, 6) is -0.328. The molecule has 130 valence electrons. The number of sulfonamides is 1. The van der Waals surface area contributed by atoms with E-state index in [1.54, 1.807) is 24.3 Å². The van der Waals surface area contributed by atoms with Gasteiger partial charge in [-0.15, -0.1) is 0 Å². The Hall–Kier alpha value is -2.87. The zero-order valence-electron chi connectivity index (χ0n) is 13.8. The number of benzene rings is 2. The quantitative estimate of drug-likeness (QED) is 0.650. The number of nitrogens with one attached hydrogen (secondary N) is 3. The first kappa shape index (κ1) is 17.0. The summed E-state index contributed by atoms with van der Waals surface area (Å²) in [7, 11) is -3.40. The minimum absolute atomic E-state index is 0.178. The van der Waals surface area contributed by atoms with Crippen LogP contribution in [0.5, 0.6) is 0 Å². The second-order valence-corrected chi connectivity index (χ2v) is 7.58. The number of aryl methyl sites for hydroxylation is 1. The van der Waals surface area contributed by atoms with Crippen molar-refractivity contribution >= 4 is 32.5 Å². The van der Waals surface area contributed by atoms with Crippen LogP contribution >= 0.6 is 0 Å². The first-order valence-corrected chi connectivity index (χ1v) is 9.51. The number of carbonyl (C=O) groups excluding carboxylic acids is 1. The molecule has 0 fully saturated rings. The fraction of sp³-hybridized carbons (Fsp3) is 0.176. The van der Waals surface area contributed by atoms with Gasteiger partial charge in [-0.2, -0.15) is 5.10 Å². The molecular weight excluding hydrogens is 340 g/mol. The van der Waals surface area contributed by atoms with E-state index in [1.165, 1.54) is 0 Å². The third-order valence-corrected chi connectivity index (χ3v) is 4.28. The number of fused-ring (bicyclic) bond motifs is 1. The zero-order chi connectivity index (χ0) is 18.0. The van der Waals surface area contributed by atoms with Crippen molar-refractivity contribution in [1.82, 2.24) is 15.5 Å². The summed E-state index contributed by atoms with van der Waals surface area (Å²) in [6.45, 7) is 2.12. The van der Waals surface area contributed by atoms with Crippen LogP contribution in [-0.4, -0.2) is 30.8 Å². The second-order valence-electron chi connectivity index (χ2n) is 5.84. The molecular formula is C17H18N4O3S. The molecule has 0 bridgehead atoms. The van der Waals surface area contributed by atoms with Crippen LogP contribution in [0.2, 0.25) is 0 Å². The van der Waals surface area contributed by atoms with Crippen LogP contribution < -0.4 is 10.0 Å². The number of nitrogens with zero attached hydrogens (tertiary/aromatic N) is 1. The average Bonchev–Trinajstić information content (AvgIpc) is 2.95. The summed E-state index contributed by atoms with van der Waals surface area (Å²) in [6.07, 6.45) is 1.08. The lowest BCUT2D eigenvalue weighted by atomic mass is 10.1. The molecule has 0 unspecified atom stereocenters. The molecule has 1 heterocycles. The topological polar surface area (TPSA) is 104 Å². The Morgan fingerprint density at radius 2 is 1.96 bits per heavy atom. The van der Waals surface area contributed by atoms with Crippen molar-refractivity contribution < 1.29 is 13.2 Å².